The first-order chi connectivity index (χ1) is 11.7. The number of nitrogens with one attached hydrogen (secondary N) is 1. The Bertz CT molecular complexity index is 727. The van der Waals surface area contributed by atoms with Gasteiger partial charge in [-0.05, 0) is 65.5 Å². The van der Waals surface area contributed by atoms with Gasteiger partial charge in [-0.15, -0.1) is 0 Å². The zero-order valence-corrected chi connectivity index (χ0v) is 15.3. The Labute approximate surface area is 150 Å². The van der Waals surface area contributed by atoms with Gasteiger partial charge >= 0.3 is 0 Å². The van der Waals surface area contributed by atoms with Crippen molar-refractivity contribution in [2.24, 2.45) is 0 Å². The zero-order valence-electron chi connectivity index (χ0n) is 13.7. The van der Waals surface area contributed by atoms with Crippen LogP contribution in [-0.4, -0.2) is 26.1 Å². The van der Waals surface area contributed by atoms with Crippen molar-refractivity contribution in [1.29, 1.82) is 0 Å². The number of ether oxygens (including phenoxy) is 1. The van der Waals surface area contributed by atoms with Gasteiger partial charge in [0.1, 0.15) is 5.75 Å². The number of amides is 1. The number of carbonyl (C=O) groups excluding carboxylic acids is 1. The lowest BCUT2D eigenvalue weighted by molar-refractivity contribution is 0.102. The molecule has 0 aromatic heterocycles. The largest absolute Gasteiger partial charge is 0.497 e. The summed E-state index contributed by atoms with van der Waals surface area (Å²) in [4.78, 5) is 15.1. The number of methoxy groups -OCH3 is 1. The van der Waals surface area contributed by atoms with E-state index in [1.54, 1.807) is 13.2 Å². The van der Waals surface area contributed by atoms with E-state index in [-0.39, 0.29) is 5.91 Å². The van der Waals surface area contributed by atoms with Crippen molar-refractivity contribution in [1.82, 2.24) is 0 Å². The maximum absolute atomic E-state index is 12.7. The highest BCUT2D eigenvalue weighted by Crippen LogP contribution is 2.30. The molecule has 4 nitrogen and oxygen atoms in total. The molecule has 1 aliphatic heterocycles. The van der Waals surface area contributed by atoms with Crippen LogP contribution in [0.3, 0.4) is 0 Å². The topological polar surface area (TPSA) is 41.6 Å². The minimum atomic E-state index is -0.148. The van der Waals surface area contributed by atoms with Crippen LogP contribution in [0, 0.1) is 0 Å². The molecule has 1 fully saturated rings. The first-order valence-electron chi connectivity index (χ1n) is 8.18. The molecule has 5 heteroatoms. The SMILES string of the molecule is COc1ccc(Br)c(C(=O)Nc2ccccc2N2CCCCC2)c1. The molecule has 0 bridgehead atoms. The summed E-state index contributed by atoms with van der Waals surface area (Å²) >= 11 is 3.44. The summed E-state index contributed by atoms with van der Waals surface area (Å²) in [5.41, 5.74) is 2.49. The van der Waals surface area contributed by atoms with Crippen LogP contribution in [-0.2, 0) is 0 Å². The molecular formula is C19H21BrN2O2. The average molecular weight is 389 g/mol. The maximum atomic E-state index is 12.7. The number of hydrogen-bond acceptors (Lipinski definition) is 3. The summed E-state index contributed by atoms with van der Waals surface area (Å²) in [7, 11) is 1.59. The molecule has 1 heterocycles. The van der Waals surface area contributed by atoms with Gasteiger partial charge in [0.15, 0.2) is 0 Å². The molecular weight excluding hydrogens is 368 g/mol. The van der Waals surface area contributed by atoms with Crippen molar-refractivity contribution in [3.05, 3.63) is 52.5 Å². The Morgan fingerprint density at radius 3 is 2.62 bits per heavy atom. The van der Waals surface area contributed by atoms with Crippen LogP contribution in [0.2, 0.25) is 0 Å². The number of carbonyl (C=O) groups is 1. The molecule has 0 spiro atoms. The Morgan fingerprint density at radius 1 is 1.12 bits per heavy atom. The molecule has 0 saturated carbocycles. The van der Waals surface area contributed by atoms with Crippen LogP contribution in [0.25, 0.3) is 0 Å². The highest BCUT2D eigenvalue weighted by atomic mass is 79.9. The smallest absolute Gasteiger partial charge is 0.257 e. The normalized spacial score (nSPS) is 14.3. The van der Waals surface area contributed by atoms with Crippen molar-refractivity contribution in [2.45, 2.75) is 19.3 Å². The van der Waals surface area contributed by atoms with E-state index in [1.165, 1.54) is 19.3 Å². The average Bonchev–Trinajstić information content (AvgIpc) is 2.63. The molecule has 1 amide bonds. The van der Waals surface area contributed by atoms with E-state index in [1.807, 2.05) is 30.3 Å². The summed E-state index contributed by atoms with van der Waals surface area (Å²) in [6, 6.07) is 13.4. The number of halogens is 1. The zero-order chi connectivity index (χ0) is 16.9. The number of anilines is 2. The van der Waals surface area contributed by atoms with Gasteiger partial charge in [-0.1, -0.05) is 12.1 Å². The lowest BCUT2D eigenvalue weighted by Crippen LogP contribution is -2.30. The van der Waals surface area contributed by atoms with E-state index >= 15 is 0 Å². The van der Waals surface area contributed by atoms with Crippen LogP contribution in [0.5, 0.6) is 5.75 Å². The lowest BCUT2D eigenvalue weighted by Gasteiger charge is -2.30. The first-order valence-corrected chi connectivity index (χ1v) is 8.97. The Morgan fingerprint density at radius 2 is 1.88 bits per heavy atom. The van der Waals surface area contributed by atoms with Gasteiger partial charge in [0.25, 0.3) is 5.91 Å². The van der Waals surface area contributed by atoms with Gasteiger partial charge in [0.05, 0.1) is 24.0 Å². The Balaban J connectivity index is 1.84. The van der Waals surface area contributed by atoms with Gasteiger partial charge in [-0.25, -0.2) is 0 Å². The molecule has 1 N–H and O–H groups in total. The molecule has 0 unspecified atom stereocenters. The third kappa shape index (κ3) is 3.73. The predicted molar refractivity (Wildman–Crippen MR) is 101 cm³/mol. The van der Waals surface area contributed by atoms with Crippen LogP contribution in [0.4, 0.5) is 11.4 Å². The molecule has 1 aliphatic rings. The number of nitrogens with zero attached hydrogens (tertiary/aromatic N) is 1. The minimum Gasteiger partial charge on any atom is -0.497 e. The number of hydrogen-bond donors (Lipinski definition) is 1. The van der Waals surface area contributed by atoms with E-state index in [0.29, 0.717) is 11.3 Å². The van der Waals surface area contributed by atoms with Crippen LogP contribution in [0.15, 0.2) is 46.9 Å². The molecule has 2 aromatic rings. The molecule has 3 rings (SSSR count). The van der Waals surface area contributed by atoms with Crippen molar-refractivity contribution in [2.75, 3.05) is 30.4 Å². The second-order valence-electron chi connectivity index (χ2n) is 5.86. The van der Waals surface area contributed by atoms with Crippen molar-refractivity contribution in [3.63, 3.8) is 0 Å². The van der Waals surface area contributed by atoms with Gasteiger partial charge in [0, 0.05) is 17.6 Å². The molecule has 0 aliphatic carbocycles. The summed E-state index contributed by atoms with van der Waals surface area (Å²) in [6.07, 6.45) is 3.68. The second-order valence-corrected chi connectivity index (χ2v) is 6.72. The van der Waals surface area contributed by atoms with Gasteiger partial charge in [0.2, 0.25) is 0 Å². The van der Waals surface area contributed by atoms with Crippen molar-refractivity contribution >= 4 is 33.2 Å². The monoisotopic (exact) mass is 388 g/mol. The molecule has 24 heavy (non-hydrogen) atoms. The molecule has 1 saturated heterocycles. The fourth-order valence-corrected chi connectivity index (χ4v) is 3.41. The van der Waals surface area contributed by atoms with E-state index in [9.17, 15) is 4.79 Å². The van der Waals surface area contributed by atoms with Gasteiger partial charge in [-0.3, -0.25) is 4.79 Å². The number of para-hydroxylation sites is 2. The summed E-state index contributed by atoms with van der Waals surface area (Å²) in [5, 5.41) is 3.05. The third-order valence-corrected chi connectivity index (χ3v) is 4.96. The molecule has 126 valence electrons. The fraction of sp³-hybridized carbons (Fsp3) is 0.316. The predicted octanol–water partition coefficient (Wildman–Crippen LogP) is 4.70. The minimum absolute atomic E-state index is 0.148. The standard InChI is InChI=1S/C19H21BrN2O2/c1-24-14-9-10-16(20)15(13-14)19(23)21-17-7-3-4-8-18(17)22-11-5-2-6-12-22/h3-4,7-10,13H,2,5-6,11-12H2,1H3,(H,21,23). The molecule has 0 atom stereocenters. The van der Waals surface area contributed by atoms with E-state index in [2.05, 4.69) is 32.2 Å². The number of benzene rings is 2. The van der Waals surface area contributed by atoms with E-state index in [0.717, 1.165) is 28.9 Å². The quantitative estimate of drug-likeness (QED) is 0.824. The van der Waals surface area contributed by atoms with Crippen LogP contribution in [0.1, 0.15) is 29.6 Å². The Hall–Kier alpha value is -2.01. The lowest BCUT2D eigenvalue weighted by atomic mass is 10.1. The number of rotatable bonds is 4. The highest BCUT2D eigenvalue weighted by molar-refractivity contribution is 9.10. The second kappa shape index (κ2) is 7.71. The summed E-state index contributed by atoms with van der Waals surface area (Å²) in [6.45, 7) is 2.07. The fourth-order valence-electron chi connectivity index (χ4n) is 2.98. The van der Waals surface area contributed by atoms with Crippen LogP contribution >= 0.6 is 15.9 Å². The number of piperidine rings is 1. The molecule has 0 radical (unpaired) electrons. The van der Waals surface area contributed by atoms with Crippen LogP contribution < -0.4 is 15.0 Å². The highest BCUT2D eigenvalue weighted by Gasteiger charge is 2.17. The Kier molecular flexibility index (Phi) is 5.41. The van der Waals surface area contributed by atoms with Gasteiger partial charge in [-0.2, -0.15) is 0 Å². The van der Waals surface area contributed by atoms with E-state index in [4.69, 9.17) is 4.74 Å². The van der Waals surface area contributed by atoms with Gasteiger partial charge < -0.3 is 15.0 Å². The first kappa shape index (κ1) is 16.8. The summed E-state index contributed by atoms with van der Waals surface area (Å²) in [5.74, 6) is 0.512. The van der Waals surface area contributed by atoms with E-state index < -0.39 is 0 Å². The summed E-state index contributed by atoms with van der Waals surface area (Å²) < 4.78 is 5.97. The maximum Gasteiger partial charge on any atom is 0.257 e. The van der Waals surface area contributed by atoms with Crippen molar-refractivity contribution < 1.29 is 9.53 Å². The third-order valence-electron chi connectivity index (χ3n) is 4.27. The van der Waals surface area contributed by atoms with Crippen molar-refractivity contribution in [3.8, 4) is 5.75 Å². The molecule has 2 aromatic carbocycles.